The number of fused-ring (bicyclic) bond motifs is 1. The zero-order chi connectivity index (χ0) is 27.2. The highest BCUT2D eigenvalue weighted by molar-refractivity contribution is 5.91. The number of hydrogen-bond acceptors (Lipinski definition) is 7. The minimum atomic E-state index is -0.645. The third-order valence-electron chi connectivity index (χ3n) is 6.03. The van der Waals surface area contributed by atoms with E-state index in [9.17, 15) is 14.4 Å². The van der Waals surface area contributed by atoms with Crippen LogP contribution in [0.15, 0.2) is 72.1 Å². The highest BCUT2D eigenvalue weighted by Crippen LogP contribution is 2.45. The summed E-state index contributed by atoms with van der Waals surface area (Å²) < 4.78 is 36.2. The van der Waals surface area contributed by atoms with Crippen LogP contribution in [0.5, 0.6) is 23.0 Å². The zero-order valence-corrected chi connectivity index (χ0v) is 21.5. The van der Waals surface area contributed by atoms with Gasteiger partial charge in [-0.25, -0.2) is 9.18 Å². The van der Waals surface area contributed by atoms with Gasteiger partial charge in [-0.3, -0.25) is 0 Å². The number of rotatable bonds is 9. The van der Waals surface area contributed by atoms with Gasteiger partial charge >= 0.3 is 5.97 Å². The van der Waals surface area contributed by atoms with E-state index in [1.807, 2.05) is 25.1 Å². The Labute approximate surface area is 221 Å². The van der Waals surface area contributed by atoms with E-state index in [2.05, 4.69) is 19.9 Å². The molecule has 0 fully saturated rings. The molecule has 0 aliphatic carbocycles. The number of nitriles is 1. The molecule has 1 aliphatic rings. The van der Waals surface area contributed by atoms with Crippen LogP contribution in [0.1, 0.15) is 54.6 Å². The van der Waals surface area contributed by atoms with E-state index in [1.54, 1.807) is 12.1 Å². The molecule has 7 nitrogen and oxygen atoms in total. The fourth-order valence-corrected chi connectivity index (χ4v) is 4.09. The number of halogens is 1. The summed E-state index contributed by atoms with van der Waals surface area (Å²) in [4.78, 5) is 12.5. The summed E-state index contributed by atoms with van der Waals surface area (Å²) in [6.07, 6.45) is 0.909. The maximum Gasteiger partial charge on any atom is 0.343 e. The monoisotopic (exact) mass is 516 g/mol. The minimum Gasteiger partial charge on any atom is -0.490 e. The lowest BCUT2D eigenvalue weighted by Gasteiger charge is -2.27. The molecule has 3 aromatic rings. The highest BCUT2D eigenvalue weighted by Gasteiger charge is 2.32. The van der Waals surface area contributed by atoms with Gasteiger partial charge in [-0.15, -0.1) is 0 Å². The second kappa shape index (κ2) is 11.7. The molecule has 0 saturated heterocycles. The molecular weight excluding hydrogens is 487 g/mol. The number of ether oxygens (including phenoxy) is 4. The average molecular weight is 517 g/mol. The van der Waals surface area contributed by atoms with Crippen LogP contribution in [0, 0.1) is 23.1 Å². The van der Waals surface area contributed by atoms with Crippen LogP contribution in [0.2, 0.25) is 0 Å². The highest BCUT2D eigenvalue weighted by atomic mass is 19.1. The molecule has 1 atom stereocenters. The van der Waals surface area contributed by atoms with Crippen LogP contribution in [0.3, 0.4) is 0 Å². The molecule has 4 rings (SSSR count). The van der Waals surface area contributed by atoms with Gasteiger partial charge in [0.1, 0.15) is 29.0 Å². The Hall–Kier alpha value is -4.51. The lowest BCUT2D eigenvalue weighted by molar-refractivity contribution is 0.0734. The Morgan fingerprint density at radius 2 is 1.84 bits per heavy atom. The first-order valence-electron chi connectivity index (χ1n) is 12.4. The second-order valence-corrected chi connectivity index (χ2v) is 9.19. The molecule has 3 aromatic carbocycles. The third-order valence-corrected chi connectivity index (χ3v) is 6.03. The smallest absolute Gasteiger partial charge is 0.343 e. The number of nitrogens with zero attached hydrogens (tertiary/aromatic N) is 1. The van der Waals surface area contributed by atoms with Crippen molar-refractivity contribution in [3.05, 3.63) is 94.6 Å². The SMILES string of the molecule is CCOc1cc(C2C(C#N)=C(N)Oc3cc(OC(=O)c4ccc(F)cc4)ccc32)ccc1OCCC(C)C. The molecule has 0 spiro atoms. The van der Waals surface area contributed by atoms with Crippen molar-refractivity contribution in [2.24, 2.45) is 11.7 Å². The van der Waals surface area contributed by atoms with E-state index >= 15 is 0 Å². The summed E-state index contributed by atoms with van der Waals surface area (Å²) in [6, 6.07) is 17.7. The van der Waals surface area contributed by atoms with Gasteiger partial charge < -0.3 is 24.7 Å². The topological polar surface area (TPSA) is 104 Å². The van der Waals surface area contributed by atoms with Crippen LogP contribution >= 0.6 is 0 Å². The predicted octanol–water partition coefficient (Wildman–Crippen LogP) is 6.09. The van der Waals surface area contributed by atoms with E-state index in [1.165, 1.54) is 30.3 Å². The van der Waals surface area contributed by atoms with Gasteiger partial charge in [0, 0.05) is 11.6 Å². The van der Waals surface area contributed by atoms with Crippen molar-refractivity contribution in [1.29, 1.82) is 5.26 Å². The quantitative estimate of drug-likeness (QED) is 0.271. The summed E-state index contributed by atoms with van der Waals surface area (Å²) >= 11 is 0. The molecule has 38 heavy (non-hydrogen) atoms. The lowest BCUT2D eigenvalue weighted by atomic mass is 9.83. The van der Waals surface area contributed by atoms with Crippen molar-refractivity contribution < 1.29 is 28.1 Å². The lowest BCUT2D eigenvalue weighted by Crippen LogP contribution is -2.21. The first-order chi connectivity index (χ1) is 18.3. The number of nitrogens with two attached hydrogens (primary N) is 1. The maximum atomic E-state index is 13.2. The molecule has 1 aliphatic heterocycles. The van der Waals surface area contributed by atoms with Gasteiger partial charge in [0.15, 0.2) is 11.5 Å². The van der Waals surface area contributed by atoms with Crippen molar-refractivity contribution in [2.45, 2.75) is 33.1 Å². The molecule has 1 unspecified atom stereocenters. The number of carbonyl (C=O) groups is 1. The molecule has 0 saturated carbocycles. The summed E-state index contributed by atoms with van der Waals surface area (Å²) in [7, 11) is 0. The maximum absolute atomic E-state index is 13.2. The van der Waals surface area contributed by atoms with Gasteiger partial charge in [-0.1, -0.05) is 26.0 Å². The van der Waals surface area contributed by atoms with Crippen molar-refractivity contribution >= 4 is 5.97 Å². The van der Waals surface area contributed by atoms with Gasteiger partial charge in [0.25, 0.3) is 0 Å². The summed E-state index contributed by atoms with van der Waals surface area (Å²) in [5.74, 6) is 0.608. The largest absolute Gasteiger partial charge is 0.490 e. The van der Waals surface area contributed by atoms with Gasteiger partial charge in [-0.2, -0.15) is 5.26 Å². The fourth-order valence-electron chi connectivity index (χ4n) is 4.09. The number of carbonyl (C=O) groups excluding carboxylic acids is 1. The van der Waals surface area contributed by atoms with Gasteiger partial charge in [0.2, 0.25) is 5.88 Å². The molecule has 0 bridgehead atoms. The fraction of sp³-hybridized carbons (Fsp3) is 0.267. The van der Waals surface area contributed by atoms with Gasteiger partial charge in [0.05, 0.1) is 24.7 Å². The van der Waals surface area contributed by atoms with E-state index in [0.29, 0.717) is 41.9 Å². The van der Waals surface area contributed by atoms with E-state index in [4.69, 9.17) is 24.7 Å². The number of esters is 1. The van der Waals surface area contributed by atoms with Crippen LogP contribution < -0.4 is 24.7 Å². The predicted molar refractivity (Wildman–Crippen MR) is 140 cm³/mol. The Morgan fingerprint density at radius 3 is 2.53 bits per heavy atom. The van der Waals surface area contributed by atoms with E-state index < -0.39 is 17.7 Å². The van der Waals surface area contributed by atoms with E-state index in [-0.39, 0.29) is 22.8 Å². The van der Waals surface area contributed by atoms with Crippen LogP contribution in [-0.2, 0) is 0 Å². The van der Waals surface area contributed by atoms with Crippen LogP contribution in [-0.4, -0.2) is 19.2 Å². The molecule has 0 radical (unpaired) electrons. The standard InChI is InChI=1S/C30H29FN2O5/c1-4-35-27-15-20(7-12-25(27)36-14-13-18(2)3)28-23-11-10-22(16-26(23)38-29(33)24(28)17-32)37-30(34)19-5-8-21(31)9-6-19/h5-12,15-16,18,28H,4,13-14,33H2,1-3H3. The minimum absolute atomic E-state index is 0.0396. The van der Waals surface area contributed by atoms with Gasteiger partial charge in [-0.05, 0) is 67.3 Å². The molecule has 8 heteroatoms. The molecular formula is C30H29FN2O5. The Bertz CT molecular complexity index is 1390. The molecule has 0 aromatic heterocycles. The summed E-state index contributed by atoms with van der Waals surface area (Å²) in [5.41, 5.74) is 8.04. The molecule has 1 heterocycles. The molecule has 0 amide bonds. The number of hydrogen-bond donors (Lipinski definition) is 1. The van der Waals surface area contributed by atoms with Crippen LogP contribution in [0.25, 0.3) is 0 Å². The second-order valence-electron chi connectivity index (χ2n) is 9.19. The van der Waals surface area contributed by atoms with Crippen LogP contribution in [0.4, 0.5) is 4.39 Å². The molecule has 2 N–H and O–H groups in total. The Balaban J connectivity index is 1.66. The van der Waals surface area contributed by atoms with Crippen molar-refractivity contribution in [1.82, 2.24) is 0 Å². The number of benzene rings is 3. The first-order valence-corrected chi connectivity index (χ1v) is 12.4. The summed E-state index contributed by atoms with van der Waals surface area (Å²) in [6.45, 7) is 7.16. The number of allylic oxidation sites excluding steroid dienone is 1. The Morgan fingerprint density at radius 1 is 1.08 bits per heavy atom. The van der Waals surface area contributed by atoms with Crippen molar-refractivity contribution in [3.63, 3.8) is 0 Å². The normalized spacial score (nSPS) is 14.4. The third kappa shape index (κ3) is 5.89. The van der Waals surface area contributed by atoms with Crippen molar-refractivity contribution in [3.8, 4) is 29.1 Å². The molecule has 196 valence electrons. The Kier molecular flexibility index (Phi) is 8.17. The first kappa shape index (κ1) is 26.6. The zero-order valence-electron chi connectivity index (χ0n) is 21.5. The van der Waals surface area contributed by atoms with Crippen molar-refractivity contribution in [2.75, 3.05) is 13.2 Å². The van der Waals surface area contributed by atoms with E-state index in [0.717, 1.165) is 12.0 Å². The average Bonchev–Trinajstić information content (AvgIpc) is 2.89. The summed E-state index contributed by atoms with van der Waals surface area (Å²) in [5, 5.41) is 9.91.